The molecule has 4 aromatic heterocycles. The number of methoxy groups -OCH3 is 1. The van der Waals surface area contributed by atoms with Crippen molar-refractivity contribution in [3.05, 3.63) is 219 Å². The van der Waals surface area contributed by atoms with E-state index >= 15 is 0 Å². The predicted molar refractivity (Wildman–Crippen MR) is 333 cm³/mol. The Balaban J connectivity index is 0.000000474. The Morgan fingerprint density at radius 3 is 1.07 bits per heavy atom. The minimum atomic E-state index is -4.35. The van der Waals surface area contributed by atoms with E-state index in [0.717, 1.165) is 22.9 Å². The van der Waals surface area contributed by atoms with Gasteiger partial charge in [-0.1, -0.05) is 218 Å². The van der Waals surface area contributed by atoms with Crippen LogP contribution in [0.25, 0.3) is 0 Å². The Labute approximate surface area is 487 Å². The Hall–Kier alpha value is -6.29. The summed E-state index contributed by atoms with van der Waals surface area (Å²) in [5.74, 6) is -0.166. The second-order valence-corrected chi connectivity index (χ2v) is 27.6. The largest absolute Gasteiger partial charge is 0.494 e. The van der Waals surface area contributed by atoms with Crippen LogP contribution in [0.15, 0.2) is 146 Å². The highest BCUT2D eigenvalue weighted by Gasteiger charge is 2.32. The molecule has 0 bridgehead atoms. The van der Waals surface area contributed by atoms with Gasteiger partial charge < -0.3 is 4.74 Å². The standard InChI is InChI=1S/C11H15FO.C11H16.C10H12F3N.C10H13F.2C10H15N.C9H13N/c1-11(2,3)8-5-6-10(13-4)9(12)7-8;1-9-5-7-10(8-6-9)11(2,3)4;1-9(2,3)7-4-5-8(14-6-7)10(11,12)13;1-10(2,3)8-4-6-9(11)7-5-8;1-8-5-9(7-11-6-8)10(2,3)4;1-8-5-6-9(7-11-8)10(2,3)4;1-9(2,3)8-5-4-6-10-7-8/h5-7H,1-4H3;5-8H,1-4H3;4-6H,1-3H3;4-7H,1-3H3;2*5-7H,1-4H3;4-7H,1-3H3. The zero-order valence-electron chi connectivity index (χ0n) is 53.9. The fraction of sp³-hybridized carbons (Fsp3) is 0.465. The minimum Gasteiger partial charge on any atom is -0.494 e. The highest BCUT2D eigenvalue weighted by atomic mass is 19.4. The molecule has 0 atom stereocenters. The maximum atomic E-state index is 13.3. The number of hydrogen-bond acceptors (Lipinski definition) is 5. The van der Waals surface area contributed by atoms with Gasteiger partial charge in [-0.25, -0.2) is 8.78 Å². The van der Waals surface area contributed by atoms with Crippen molar-refractivity contribution in [2.45, 2.75) is 210 Å². The van der Waals surface area contributed by atoms with Crippen molar-refractivity contribution in [2.75, 3.05) is 7.11 Å². The number of ether oxygens (including phenoxy) is 1. The maximum Gasteiger partial charge on any atom is 0.433 e. The lowest BCUT2D eigenvalue weighted by Gasteiger charge is -2.19. The summed E-state index contributed by atoms with van der Waals surface area (Å²) in [5, 5.41) is 0. The van der Waals surface area contributed by atoms with Gasteiger partial charge in [-0.2, -0.15) is 13.2 Å². The third-order valence-corrected chi connectivity index (χ3v) is 12.6. The molecule has 7 aromatic rings. The van der Waals surface area contributed by atoms with E-state index in [9.17, 15) is 22.0 Å². The van der Waals surface area contributed by atoms with Gasteiger partial charge in [-0.05, 0) is 146 Å². The van der Waals surface area contributed by atoms with Crippen molar-refractivity contribution in [1.82, 2.24) is 19.9 Å². The molecule has 0 saturated heterocycles. The van der Waals surface area contributed by atoms with E-state index in [2.05, 4.69) is 186 Å². The number of rotatable bonds is 1. The second-order valence-electron chi connectivity index (χ2n) is 27.6. The van der Waals surface area contributed by atoms with E-state index < -0.39 is 11.9 Å². The molecule has 0 unspecified atom stereocenters. The van der Waals surface area contributed by atoms with Crippen molar-refractivity contribution < 1.29 is 26.7 Å². The number of pyridine rings is 4. The van der Waals surface area contributed by atoms with Crippen LogP contribution in [0.1, 0.15) is 207 Å². The summed E-state index contributed by atoms with van der Waals surface area (Å²) < 4.78 is 67.0. The average molecular weight is 1120 g/mol. The fourth-order valence-electron chi connectivity index (χ4n) is 6.82. The maximum absolute atomic E-state index is 13.3. The number of alkyl halides is 3. The zero-order valence-corrected chi connectivity index (χ0v) is 53.9. The van der Waals surface area contributed by atoms with E-state index in [1.54, 1.807) is 12.3 Å². The lowest BCUT2D eigenvalue weighted by molar-refractivity contribution is -0.141. The molecule has 4 heterocycles. The molecular formula is C71H99F5N4O. The van der Waals surface area contributed by atoms with Gasteiger partial charge in [0.15, 0.2) is 11.6 Å². The molecule has 0 saturated carbocycles. The first-order valence-corrected chi connectivity index (χ1v) is 27.7. The quantitative estimate of drug-likeness (QED) is 0.153. The van der Waals surface area contributed by atoms with Crippen molar-refractivity contribution in [1.29, 1.82) is 0 Å². The topological polar surface area (TPSA) is 60.8 Å². The molecule has 0 aliphatic rings. The highest BCUT2D eigenvalue weighted by Crippen LogP contribution is 2.31. The zero-order chi connectivity index (χ0) is 62.6. The first kappa shape index (κ1) is 72.7. The monoisotopic (exact) mass is 1120 g/mol. The van der Waals surface area contributed by atoms with Crippen LogP contribution in [0.4, 0.5) is 22.0 Å². The summed E-state index contributed by atoms with van der Waals surface area (Å²) in [5.41, 5.74) is 11.9. The molecule has 81 heavy (non-hydrogen) atoms. The molecule has 7 rings (SSSR count). The molecule has 0 fully saturated rings. The van der Waals surface area contributed by atoms with Crippen LogP contribution in [0.5, 0.6) is 5.75 Å². The Morgan fingerprint density at radius 1 is 0.358 bits per heavy atom. The van der Waals surface area contributed by atoms with Gasteiger partial charge in [-0.15, -0.1) is 0 Å². The van der Waals surface area contributed by atoms with E-state index in [-0.39, 0.29) is 49.5 Å². The number of aromatic nitrogens is 4. The second kappa shape index (κ2) is 30.7. The first-order valence-electron chi connectivity index (χ1n) is 27.7. The summed E-state index contributed by atoms with van der Waals surface area (Å²) in [6.45, 7) is 50.9. The molecule has 5 nitrogen and oxygen atoms in total. The van der Waals surface area contributed by atoms with Crippen molar-refractivity contribution in [3.63, 3.8) is 0 Å². The van der Waals surface area contributed by atoms with Crippen LogP contribution in [0.3, 0.4) is 0 Å². The van der Waals surface area contributed by atoms with Crippen LogP contribution >= 0.6 is 0 Å². The summed E-state index contributed by atoms with van der Waals surface area (Å²) in [7, 11) is 1.47. The normalized spacial score (nSPS) is 11.8. The van der Waals surface area contributed by atoms with Gasteiger partial charge in [-0.3, -0.25) is 19.9 Å². The average Bonchev–Trinajstić information content (AvgIpc) is 3.34. The molecule has 0 aliphatic carbocycles. The van der Waals surface area contributed by atoms with E-state index in [4.69, 9.17) is 4.74 Å². The van der Waals surface area contributed by atoms with Gasteiger partial charge in [0.05, 0.1) is 7.11 Å². The summed E-state index contributed by atoms with van der Waals surface area (Å²) in [6, 6.07) is 33.4. The Morgan fingerprint density at radius 2 is 0.753 bits per heavy atom. The molecule has 0 amide bonds. The van der Waals surface area contributed by atoms with Crippen molar-refractivity contribution in [2.24, 2.45) is 0 Å². The van der Waals surface area contributed by atoms with Gasteiger partial charge in [0.1, 0.15) is 11.5 Å². The molecule has 0 N–H and O–H groups in total. The van der Waals surface area contributed by atoms with Gasteiger partial charge in [0, 0.05) is 42.9 Å². The number of benzene rings is 3. The van der Waals surface area contributed by atoms with Crippen LogP contribution < -0.4 is 4.74 Å². The number of nitrogens with zero attached hydrogens (tertiary/aromatic N) is 4. The fourth-order valence-corrected chi connectivity index (χ4v) is 6.82. The van der Waals surface area contributed by atoms with Crippen molar-refractivity contribution >= 4 is 0 Å². The summed E-state index contributed by atoms with van der Waals surface area (Å²) in [4.78, 5) is 15.8. The molecule has 3 aromatic carbocycles. The van der Waals surface area contributed by atoms with Gasteiger partial charge in [0.25, 0.3) is 0 Å². The molecule has 0 radical (unpaired) electrons. The molecule has 0 aliphatic heterocycles. The van der Waals surface area contributed by atoms with Gasteiger partial charge in [0.2, 0.25) is 0 Å². The van der Waals surface area contributed by atoms with Crippen molar-refractivity contribution in [3.8, 4) is 5.75 Å². The van der Waals surface area contributed by atoms with Crippen LogP contribution in [-0.4, -0.2) is 27.0 Å². The minimum absolute atomic E-state index is 0.0207. The molecule has 10 heteroatoms. The lowest BCUT2D eigenvalue weighted by Crippen LogP contribution is -2.14. The molecule has 444 valence electrons. The molecule has 0 spiro atoms. The third-order valence-electron chi connectivity index (χ3n) is 12.6. The van der Waals surface area contributed by atoms with E-state index in [0.29, 0.717) is 5.75 Å². The van der Waals surface area contributed by atoms with Gasteiger partial charge >= 0.3 is 6.18 Å². The third kappa shape index (κ3) is 28.8. The number of halogens is 5. The SMILES string of the molecule is CC(C)(C)c1ccc(C(F)(F)F)nc1.CC(C)(C)c1ccc(F)cc1.CC(C)(C)c1cccnc1.COc1ccc(C(C)(C)C)cc1F.Cc1ccc(C(C)(C)C)cc1.Cc1ccc(C(C)(C)C)cn1.Cc1cncc(C(C)(C)C)c1. The summed E-state index contributed by atoms with van der Waals surface area (Å²) in [6.07, 6.45) is 6.42. The molecular weight excluding hydrogens is 1020 g/mol. The van der Waals surface area contributed by atoms with Crippen LogP contribution in [-0.2, 0) is 44.1 Å². The summed E-state index contributed by atoms with van der Waals surface area (Å²) >= 11 is 0. The number of hydrogen-bond donors (Lipinski definition) is 0. The van der Waals surface area contributed by atoms with Crippen LogP contribution in [0.2, 0.25) is 0 Å². The van der Waals surface area contributed by atoms with E-state index in [1.807, 2.05) is 97.5 Å². The van der Waals surface area contributed by atoms with Crippen LogP contribution in [0, 0.1) is 32.4 Å². The number of aryl methyl sites for hydroxylation is 3. The highest BCUT2D eigenvalue weighted by molar-refractivity contribution is 5.33. The lowest BCUT2D eigenvalue weighted by atomic mass is 9.87. The smallest absolute Gasteiger partial charge is 0.433 e. The predicted octanol–water partition coefficient (Wildman–Crippen LogP) is 20.7. The van der Waals surface area contributed by atoms with E-state index in [1.165, 1.54) is 76.5 Å². The Bertz CT molecular complexity index is 2700. The Kier molecular flexibility index (Phi) is 27.5. The first-order chi connectivity index (χ1) is 36.8.